The Morgan fingerprint density at radius 3 is 1.68 bits per heavy atom. The van der Waals surface area contributed by atoms with E-state index in [1.807, 2.05) is 11.8 Å². The fourth-order valence-electron chi connectivity index (χ4n) is 9.46. The molecule has 0 fully saturated rings. The first kappa shape index (κ1) is 36.3. The van der Waals surface area contributed by atoms with Gasteiger partial charge in [0.15, 0.2) is 0 Å². The standard InChI is InChI=1S/C58H40N2OS/c1-4-15-39(16-5-1)41-27-32-45(33-28-41)59(44-20-8-3-9-21-44)52-37-47(38-54-57(52)56-48-22-11-10-19-43(48)31-36-53(56)61-54)60(46-34-29-42(30-35-46)40-17-6-2-7-18-40)51-25-14-24-50-49-23-12-13-26-55(49)62-58(50)51/h1-38,49,55H. The third kappa shape index (κ3) is 6.22. The first-order valence-electron chi connectivity index (χ1n) is 21.2. The maximum atomic E-state index is 7.03. The lowest BCUT2D eigenvalue weighted by atomic mass is 9.92. The molecule has 0 spiro atoms. The van der Waals surface area contributed by atoms with Crippen LogP contribution in [0, 0.1) is 0 Å². The third-order valence-corrected chi connectivity index (χ3v) is 13.8. The summed E-state index contributed by atoms with van der Waals surface area (Å²) in [4.78, 5) is 6.16. The van der Waals surface area contributed by atoms with Crippen molar-refractivity contribution in [2.45, 2.75) is 16.1 Å². The Labute approximate surface area is 365 Å². The molecule has 2 atom stereocenters. The van der Waals surface area contributed by atoms with Gasteiger partial charge in [0, 0.05) is 44.6 Å². The van der Waals surface area contributed by atoms with Crippen molar-refractivity contribution in [3.05, 3.63) is 236 Å². The largest absolute Gasteiger partial charge is 0.456 e. The van der Waals surface area contributed by atoms with Crippen molar-refractivity contribution in [3.8, 4) is 22.3 Å². The highest BCUT2D eigenvalue weighted by molar-refractivity contribution is 8.00. The number of nitrogens with zero attached hydrogens (tertiary/aromatic N) is 2. The summed E-state index contributed by atoms with van der Waals surface area (Å²) in [6.07, 6.45) is 9.09. The SMILES string of the molecule is C1=CC2Sc3c(cccc3N(c3ccc(-c4ccccc4)cc3)c3cc(N(c4ccccc4)c4ccc(-c5ccccc5)cc4)c4c(c3)oc3ccc5ccccc5c34)C2C=C1. The summed E-state index contributed by atoms with van der Waals surface area (Å²) in [5.41, 5.74) is 14.2. The number of fused-ring (bicyclic) bond motifs is 8. The minimum Gasteiger partial charge on any atom is -0.456 e. The van der Waals surface area contributed by atoms with Gasteiger partial charge in [0.2, 0.25) is 0 Å². The highest BCUT2D eigenvalue weighted by Crippen LogP contribution is 2.55. The number of allylic oxidation sites excluding steroid dienone is 3. The lowest BCUT2D eigenvalue weighted by Crippen LogP contribution is -2.14. The Balaban J connectivity index is 1.13. The molecule has 0 amide bonds. The fraction of sp³-hybridized carbons (Fsp3) is 0.0345. The molecule has 12 rings (SSSR count). The molecule has 2 heterocycles. The van der Waals surface area contributed by atoms with E-state index in [-0.39, 0.29) is 0 Å². The maximum Gasteiger partial charge on any atom is 0.139 e. The lowest BCUT2D eigenvalue weighted by Gasteiger charge is -2.31. The number of anilines is 6. The zero-order valence-electron chi connectivity index (χ0n) is 33.8. The summed E-state index contributed by atoms with van der Waals surface area (Å²) < 4.78 is 7.03. The predicted octanol–water partition coefficient (Wildman–Crippen LogP) is 16.7. The van der Waals surface area contributed by atoms with Crippen molar-refractivity contribution in [1.82, 2.24) is 0 Å². The zero-order valence-corrected chi connectivity index (χ0v) is 34.6. The van der Waals surface area contributed by atoms with Crippen molar-refractivity contribution in [2.75, 3.05) is 9.80 Å². The first-order valence-corrected chi connectivity index (χ1v) is 22.1. The van der Waals surface area contributed by atoms with E-state index in [9.17, 15) is 0 Å². The van der Waals surface area contributed by atoms with Gasteiger partial charge >= 0.3 is 0 Å². The molecule has 2 unspecified atom stereocenters. The van der Waals surface area contributed by atoms with E-state index in [0.717, 1.165) is 56.1 Å². The number of thioether (sulfide) groups is 1. The van der Waals surface area contributed by atoms with Gasteiger partial charge in [-0.2, -0.15) is 0 Å². The Bertz CT molecular complexity index is 3320. The van der Waals surface area contributed by atoms with E-state index in [2.05, 4.69) is 240 Å². The molecule has 294 valence electrons. The number of benzene rings is 9. The molecule has 0 radical (unpaired) electrons. The van der Waals surface area contributed by atoms with Crippen LogP contribution in [0.25, 0.3) is 55.0 Å². The molecule has 0 saturated heterocycles. The van der Waals surface area contributed by atoms with Gasteiger partial charge in [0.05, 0.1) is 22.4 Å². The Kier molecular flexibility index (Phi) is 8.90. The van der Waals surface area contributed by atoms with Crippen molar-refractivity contribution < 1.29 is 4.42 Å². The molecule has 0 bridgehead atoms. The second kappa shape index (κ2) is 15.2. The van der Waals surface area contributed by atoms with Crippen molar-refractivity contribution >= 4 is 78.6 Å². The summed E-state index contributed by atoms with van der Waals surface area (Å²) in [7, 11) is 0. The van der Waals surface area contributed by atoms with Crippen LogP contribution in [0.5, 0.6) is 0 Å². The minimum atomic E-state index is 0.330. The maximum absolute atomic E-state index is 7.03. The molecular formula is C58H40N2OS. The number of hydrogen-bond acceptors (Lipinski definition) is 4. The van der Waals surface area contributed by atoms with Crippen LogP contribution in [0.4, 0.5) is 34.1 Å². The quantitative estimate of drug-likeness (QED) is 0.152. The number of rotatable bonds is 8. The van der Waals surface area contributed by atoms with Crippen LogP contribution in [0.1, 0.15) is 11.5 Å². The Morgan fingerprint density at radius 2 is 0.984 bits per heavy atom. The molecule has 1 aliphatic carbocycles. The van der Waals surface area contributed by atoms with Gasteiger partial charge in [0.25, 0.3) is 0 Å². The molecule has 2 aliphatic rings. The van der Waals surface area contributed by atoms with Crippen LogP contribution in [0.2, 0.25) is 0 Å². The number of para-hydroxylation sites is 1. The molecular weight excluding hydrogens is 773 g/mol. The number of furan rings is 1. The van der Waals surface area contributed by atoms with Crippen molar-refractivity contribution in [3.63, 3.8) is 0 Å². The second-order valence-corrected chi connectivity index (χ2v) is 17.2. The highest BCUT2D eigenvalue weighted by Gasteiger charge is 2.35. The van der Waals surface area contributed by atoms with Gasteiger partial charge in [-0.25, -0.2) is 0 Å². The summed E-state index contributed by atoms with van der Waals surface area (Å²) in [6.45, 7) is 0. The Morgan fingerprint density at radius 1 is 0.403 bits per heavy atom. The lowest BCUT2D eigenvalue weighted by molar-refractivity contribution is 0.669. The average Bonchev–Trinajstić information content (AvgIpc) is 3.93. The molecule has 10 aromatic rings. The molecule has 62 heavy (non-hydrogen) atoms. The normalized spacial score (nSPS) is 15.2. The molecule has 0 saturated carbocycles. The van der Waals surface area contributed by atoms with Gasteiger partial charge in [-0.1, -0.05) is 170 Å². The van der Waals surface area contributed by atoms with E-state index in [1.165, 1.54) is 43.5 Å². The van der Waals surface area contributed by atoms with E-state index in [1.54, 1.807) is 0 Å². The summed E-state index contributed by atoms with van der Waals surface area (Å²) in [6, 6.07) is 74.4. The fourth-order valence-corrected chi connectivity index (χ4v) is 10.9. The van der Waals surface area contributed by atoms with Crippen LogP contribution >= 0.6 is 11.8 Å². The van der Waals surface area contributed by atoms with Crippen LogP contribution in [0.15, 0.2) is 240 Å². The van der Waals surface area contributed by atoms with Crippen LogP contribution < -0.4 is 9.80 Å². The van der Waals surface area contributed by atoms with Crippen LogP contribution in [0.3, 0.4) is 0 Å². The van der Waals surface area contributed by atoms with E-state index in [0.29, 0.717) is 11.2 Å². The van der Waals surface area contributed by atoms with Gasteiger partial charge < -0.3 is 14.2 Å². The van der Waals surface area contributed by atoms with Crippen LogP contribution in [-0.4, -0.2) is 5.25 Å². The Hall–Kier alpha value is -7.53. The van der Waals surface area contributed by atoms with Crippen molar-refractivity contribution in [1.29, 1.82) is 0 Å². The summed E-state index contributed by atoms with van der Waals surface area (Å²) in [5, 5.41) is 4.88. The molecule has 1 aliphatic heterocycles. The smallest absolute Gasteiger partial charge is 0.139 e. The topological polar surface area (TPSA) is 19.6 Å². The summed E-state index contributed by atoms with van der Waals surface area (Å²) in [5.74, 6) is 0.330. The van der Waals surface area contributed by atoms with Gasteiger partial charge in [-0.05, 0) is 93.2 Å². The molecule has 1 aromatic heterocycles. The minimum absolute atomic E-state index is 0.330. The van der Waals surface area contributed by atoms with Crippen molar-refractivity contribution in [2.24, 2.45) is 0 Å². The molecule has 0 N–H and O–H groups in total. The zero-order chi connectivity index (χ0) is 41.0. The van der Waals surface area contributed by atoms with Crippen LogP contribution in [-0.2, 0) is 0 Å². The highest BCUT2D eigenvalue weighted by atomic mass is 32.2. The molecule has 3 nitrogen and oxygen atoms in total. The van der Waals surface area contributed by atoms with E-state index < -0.39 is 0 Å². The third-order valence-electron chi connectivity index (χ3n) is 12.4. The number of hydrogen-bond donors (Lipinski definition) is 0. The first-order chi connectivity index (χ1) is 30.7. The second-order valence-electron chi connectivity index (χ2n) is 16.0. The molecule has 4 heteroatoms. The average molecular weight is 813 g/mol. The summed E-state index contributed by atoms with van der Waals surface area (Å²) >= 11 is 1.96. The van der Waals surface area contributed by atoms with Gasteiger partial charge in [-0.15, -0.1) is 11.8 Å². The molecule has 9 aromatic carbocycles. The van der Waals surface area contributed by atoms with Gasteiger partial charge in [-0.3, -0.25) is 0 Å². The monoisotopic (exact) mass is 812 g/mol. The van der Waals surface area contributed by atoms with E-state index in [4.69, 9.17) is 4.42 Å². The van der Waals surface area contributed by atoms with Gasteiger partial charge in [0.1, 0.15) is 11.2 Å². The van der Waals surface area contributed by atoms with E-state index >= 15 is 0 Å². The predicted molar refractivity (Wildman–Crippen MR) is 262 cm³/mol.